The van der Waals surface area contributed by atoms with Crippen LogP contribution in [-0.2, 0) is 0 Å². The van der Waals surface area contributed by atoms with Gasteiger partial charge >= 0.3 is 0 Å². The van der Waals surface area contributed by atoms with E-state index in [2.05, 4.69) is 57.7 Å². The Morgan fingerprint density at radius 1 is 1.08 bits per heavy atom. The highest BCUT2D eigenvalue weighted by Gasteiger charge is 2.40. The Balaban J connectivity index is 1.49. The Morgan fingerprint density at radius 3 is 2.58 bits per heavy atom. The number of fused-ring (bicyclic) bond motifs is 1. The minimum absolute atomic E-state index is 0.611. The van der Waals surface area contributed by atoms with Gasteiger partial charge in [-0.1, -0.05) is 73.4 Å². The summed E-state index contributed by atoms with van der Waals surface area (Å²) in [4.78, 5) is 0. The predicted octanol–water partition coefficient (Wildman–Crippen LogP) is 7.42. The molecule has 4 rings (SSSR count). The van der Waals surface area contributed by atoms with E-state index in [0.29, 0.717) is 5.92 Å². The molecular weight excluding hydrogens is 312 g/mol. The fourth-order valence-corrected chi connectivity index (χ4v) is 6.13. The lowest BCUT2D eigenvalue weighted by atomic mass is 9.68. The predicted molar refractivity (Wildman–Crippen MR) is 113 cm³/mol. The molecule has 1 saturated carbocycles. The zero-order valence-corrected chi connectivity index (χ0v) is 17.0. The summed E-state index contributed by atoms with van der Waals surface area (Å²) in [6, 6.07) is 0. The second-order valence-corrected chi connectivity index (χ2v) is 9.66. The van der Waals surface area contributed by atoms with E-state index in [1.807, 2.05) is 0 Å². The number of hydrogen-bond acceptors (Lipinski definition) is 0. The van der Waals surface area contributed by atoms with Crippen LogP contribution in [0.1, 0.15) is 65.7 Å². The van der Waals surface area contributed by atoms with Crippen molar-refractivity contribution in [3.8, 4) is 0 Å². The first-order valence-corrected chi connectivity index (χ1v) is 10.9. The maximum Gasteiger partial charge on any atom is -0.00141 e. The molecule has 0 heteroatoms. The van der Waals surface area contributed by atoms with Crippen LogP contribution in [0.5, 0.6) is 0 Å². The second kappa shape index (κ2) is 7.37. The molecule has 0 aromatic heterocycles. The molecule has 4 aliphatic rings. The van der Waals surface area contributed by atoms with Crippen LogP contribution in [0, 0.1) is 35.5 Å². The Bertz CT molecular complexity index is 675. The molecule has 0 saturated heterocycles. The lowest BCUT2D eigenvalue weighted by molar-refractivity contribution is 0.268. The summed E-state index contributed by atoms with van der Waals surface area (Å²) in [7, 11) is 0. The molecule has 0 aromatic rings. The van der Waals surface area contributed by atoms with Crippen molar-refractivity contribution in [1.29, 1.82) is 0 Å². The van der Waals surface area contributed by atoms with E-state index in [4.69, 9.17) is 0 Å². The van der Waals surface area contributed by atoms with E-state index >= 15 is 0 Å². The van der Waals surface area contributed by atoms with Crippen LogP contribution in [-0.4, -0.2) is 0 Å². The fraction of sp³-hybridized carbons (Fsp3) is 0.615. The quantitative estimate of drug-likeness (QED) is 0.465. The van der Waals surface area contributed by atoms with Gasteiger partial charge in [-0.25, -0.2) is 0 Å². The van der Waals surface area contributed by atoms with Gasteiger partial charge in [0.15, 0.2) is 0 Å². The third kappa shape index (κ3) is 3.45. The molecular formula is C26H36. The molecule has 0 aromatic carbocycles. The molecule has 4 aliphatic carbocycles. The molecule has 0 heterocycles. The van der Waals surface area contributed by atoms with Crippen LogP contribution in [0.4, 0.5) is 0 Å². The van der Waals surface area contributed by atoms with Crippen LogP contribution >= 0.6 is 0 Å². The van der Waals surface area contributed by atoms with Gasteiger partial charge in [-0.15, -0.1) is 0 Å². The van der Waals surface area contributed by atoms with E-state index in [9.17, 15) is 0 Å². The summed E-state index contributed by atoms with van der Waals surface area (Å²) in [5.74, 6) is 4.59. The highest BCUT2D eigenvalue weighted by molar-refractivity contribution is 5.39. The highest BCUT2D eigenvalue weighted by atomic mass is 14.4. The SMILES string of the molecule is C=C(C1C=CC2=C(C)CC(C3C=C(C)C=CC3)C2C1)C1CCC(C)CC1. The van der Waals surface area contributed by atoms with E-state index in [1.165, 1.54) is 50.5 Å². The first kappa shape index (κ1) is 18.1. The Morgan fingerprint density at radius 2 is 1.85 bits per heavy atom. The molecule has 0 spiro atoms. The minimum atomic E-state index is 0.611. The van der Waals surface area contributed by atoms with Crippen molar-refractivity contribution < 1.29 is 0 Å². The summed E-state index contributed by atoms with van der Waals surface area (Å²) >= 11 is 0. The van der Waals surface area contributed by atoms with Crippen LogP contribution in [0.3, 0.4) is 0 Å². The molecule has 0 amide bonds. The molecule has 0 bridgehead atoms. The van der Waals surface area contributed by atoms with Crippen molar-refractivity contribution in [3.63, 3.8) is 0 Å². The number of rotatable bonds is 3. The van der Waals surface area contributed by atoms with Gasteiger partial charge in [-0.3, -0.25) is 0 Å². The minimum Gasteiger partial charge on any atom is -0.0990 e. The molecule has 4 atom stereocenters. The van der Waals surface area contributed by atoms with Gasteiger partial charge in [0.25, 0.3) is 0 Å². The lowest BCUT2D eigenvalue weighted by Crippen LogP contribution is -2.26. The Labute approximate surface area is 160 Å². The summed E-state index contributed by atoms with van der Waals surface area (Å²) < 4.78 is 0. The first-order valence-electron chi connectivity index (χ1n) is 10.9. The number of hydrogen-bond donors (Lipinski definition) is 0. The lowest BCUT2D eigenvalue weighted by Gasteiger charge is -2.36. The Hall–Kier alpha value is -1.30. The molecule has 140 valence electrons. The van der Waals surface area contributed by atoms with Crippen molar-refractivity contribution in [2.75, 3.05) is 0 Å². The Kier molecular flexibility index (Phi) is 5.13. The van der Waals surface area contributed by atoms with Gasteiger partial charge in [0.2, 0.25) is 0 Å². The normalized spacial score (nSPS) is 39.7. The molecule has 4 unspecified atom stereocenters. The maximum atomic E-state index is 4.62. The largest absolute Gasteiger partial charge is 0.0990 e. The smallest absolute Gasteiger partial charge is 0.00141 e. The van der Waals surface area contributed by atoms with Crippen LogP contribution in [0.25, 0.3) is 0 Å². The summed E-state index contributed by atoms with van der Waals surface area (Å²) in [5, 5.41) is 0. The molecule has 0 N–H and O–H groups in total. The van der Waals surface area contributed by atoms with Crippen molar-refractivity contribution >= 4 is 0 Å². The van der Waals surface area contributed by atoms with Crippen molar-refractivity contribution in [2.45, 2.75) is 65.7 Å². The molecule has 26 heavy (non-hydrogen) atoms. The summed E-state index contributed by atoms with van der Waals surface area (Å²) in [6.07, 6.45) is 21.6. The zero-order chi connectivity index (χ0) is 18.3. The average Bonchev–Trinajstić information content (AvgIpc) is 2.98. The fourth-order valence-electron chi connectivity index (χ4n) is 6.13. The molecule has 0 nitrogen and oxygen atoms in total. The zero-order valence-electron chi connectivity index (χ0n) is 17.0. The first-order chi connectivity index (χ1) is 12.5. The monoisotopic (exact) mass is 348 g/mol. The molecule has 0 radical (unpaired) electrons. The maximum absolute atomic E-state index is 4.62. The van der Waals surface area contributed by atoms with Gasteiger partial charge in [-0.05, 0) is 87.0 Å². The average molecular weight is 349 g/mol. The van der Waals surface area contributed by atoms with Crippen LogP contribution < -0.4 is 0 Å². The summed E-state index contributed by atoms with van der Waals surface area (Å²) in [6.45, 7) is 11.7. The third-order valence-corrected chi connectivity index (χ3v) is 7.80. The van der Waals surface area contributed by atoms with Gasteiger partial charge in [-0.2, -0.15) is 0 Å². The molecule has 1 fully saturated rings. The van der Waals surface area contributed by atoms with E-state index in [1.54, 1.807) is 16.7 Å². The topological polar surface area (TPSA) is 0 Å². The van der Waals surface area contributed by atoms with E-state index in [-0.39, 0.29) is 0 Å². The van der Waals surface area contributed by atoms with E-state index in [0.717, 1.165) is 29.6 Å². The third-order valence-electron chi connectivity index (χ3n) is 7.80. The second-order valence-electron chi connectivity index (χ2n) is 9.66. The van der Waals surface area contributed by atoms with Crippen molar-refractivity contribution in [2.24, 2.45) is 35.5 Å². The highest BCUT2D eigenvalue weighted by Crippen LogP contribution is 2.51. The van der Waals surface area contributed by atoms with E-state index < -0.39 is 0 Å². The van der Waals surface area contributed by atoms with Crippen molar-refractivity contribution in [1.82, 2.24) is 0 Å². The molecule has 0 aliphatic heterocycles. The van der Waals surface area contributed by atoms with Crippen LogP contribution in [0.15, 0.2) is 59.3 Å². The van der Waals surface area contributed by atoms with Gasteiger partial charge in [0.1, 0.15) is 0 Å². The standard InChI is InChI=1S/C26H36/c1-17-8-10-21(11-9-17)20(4)22-12-13-24-19(3)15-25(26(24)16-22)23-7-5-6-18(2)14-23/h5-6,12-14,17,21-23,25-26H,4,7-11,15-16H2,1-3H3. The van der Waals surface area contributed by atoms with Gasteiger partial charge in [0, 0.05) is 0 Å². The van der Waals surface area contributed by atoms with Gasteiger partial charge < -0.3 is 0 Å². The van der Waals surface area contributed by atoms with Crippen molar-refractivity contribution in [3.05, 3.63) is 59.3 Å². The summed E-state index contributed by atoms with van der Waals surface area (Å²) in [5.41, 5.74) is 6.31. The number of allylic oxidation sites excluding steroid dienone is 9. The van der Waals surface area contributed by atoms with Gasteiger partial charge in [0.05, 0.1) is 0 Å². The van der Waals surface area contributed by atoms with Crippen LogP contribution in [0.2, 0.25) is 0 Å².